The summed E-state index contributed by atoms with van der Waals surface area (Å²) < 4.78 is 1.64. The molecule has 3 heterocycles. The highest BCUT2D eigenvalue weighted by atomic mass is 16.3. The molecule has 1 aliphatic rings. The first kappa shape index (κ1) is 13.1. The van der Waals surface area contributed by atoms with Crippen molar-refractivity contribution >= 4 is 22.7 Å². The second kappa shape index (κ2) is 5.24. The molecule has 7 heteroatoms. The molecule has 0 saturated carbocycles. The van der Waals surface area contributed by atoms with E-state index in [1.807, 2.05) is 0 Å². The van der Waals surface area contributed by atoms with E-state index in [0.717, 1.165) is 43.1 Å². The molecule has 2 aromatic rings. The molecule has 0 spiro atoms. The molecule has 3 N–H and O–H groups in total. The van der Waals surface area contributed by atoms with Crippen LogP contribution in [0.2, 0.25) is 0 Å². The van der Waals surface area contributed by atoms with Gasteiger partial charge in [0.05, 0.1) is 13.2 Å². The quantitative estimate of drug-likeness (QED) is 0.854. The normalized spacial score (nSPS) is 17.0. The standard InChI is InChI=1S/C13H20N6O/c1-9-2-4-18(5-3-9)12-10-11(14)17-19(6-7-20)13(10)16-8-15-12/h8-9,20H,2-7H2,1H3,(H2,14,17). The first-order valence-corrected chi connectivity index (χ1v) is 7.03. The Labute approximate surface area is 117 Å². The Hall–Kier alpha value is -1.89. The Morgan fingerprint density at radius 1 is 1.35 bits per heavy atom. The van der Waals surface area contributed by atoms with Gasteiger partial charge < -0.3 is 15.7 Å². The van der Waals surface area contributed by atoms with E-state index < -0.39 is 0 Å². The van der Waals surface area contributed by atoms with Gasteiger partial charge in [-0.05, 0) is 18.8 Å². The Morgan fingerprint density at radius 2 is 2.10 bits per heavy atom. The molecule has 1 fully saturated rings. The fourth-order valence-electron chi connectivity index (χ4n) is 2.73. The maximum atomic E-state index is 9.08. The number of piperidine rings is 1. The van der Waals surface area contributed by atoms with E-state index in [-0.39, 0.29) is 6.61 Å². The summed E-state index contributed by atoms with van der Waals surface area (Å²) in [5, 5.41) is 14.1. The van der Waals surface area contributed by atoms with E-state index in [9.17, 15) is 0 Å². The molecule has 2 aromatic heterocycles. The van der Waals surface area contributed by atoms with Crippen LogP contribution in [0.1, 0.15) is 19.8 Å². The minimum Gasteiger partial charge on any atom is -0.394 e. The molecule has 7 nitrogen and oxygen atoms in total. The maximum absolute atomic E-state index is 9.08. The number of nitrogen functional groups attached to an aromatic ring is 1. The summed E-state index contributed by atoms with van der Waals surface area (Å²) in [5.41, 5.74) is 6.72. The van der Waals surface area contributed by atoms with Crippen molar-refractivity contribution in [3.8, 4) is 0 Å². The van der Waals surface area contributed by atoms with Gasteiger partial charge in [-0.1, -0.05) is 6.92 Å². The SMILES string of the molecule is CC1CCN(c2ncnc3c2c(N)nn3CCO)CC1. The lowest BCUT2D eigenvalue weighted by molar-refractivity contribution is 0.271. The second-order valence-electron chi connectivity index (χ2n) is 5.40. The van der Waals surface area contributed by atoms with Crippen LogP contribution in [0.5, 0.6) is 0 Å². The Balaban J connectivity index is 2.03. The zero-order valence-corrected chi connectivity index (χ0v) is 11.7. The highest BCUT2D eigenvalue weighted by Crippen LogP contribution is 2.30. The number of rotatable bonds is 3. The number of nitrogens with zero attached hydrogens (tertiary/aromatic N) is 5. The minimum atomic E-state index is 0.0107. The number of anilines is 2. The summed E-state index contributed by atoms with van der Waals surface area (Å²) in [4.78, 5) is 10.9. The Morgan fingerprint density at radius 3 is 2.80 bits per heavy atom. The molecule has 0 aromatic carbocycles. The van der Waals surface area contributed by atoms with Crippen molar-refractivity contribution in [1.29, 1.82) is 0 Å². The largest absolute Gasteiger partial charge is 0.394 e. The van der Waals surface area contributed by atoms with Crippen LogP contribution >= 0.6 is 0 Å². The number of hydrogen-bond acceptors (Lipinski definition) is 6. The van der Waals surface area contributed by atoms with E-state index in [1.165, 1.54) is 0 Å². The van der Waals surface area contributed by atoms with Gasteiger partial charge in [0.25, 0.3) is 0 Å². The summed E-state index contributed by atoms with van der Waals surface area (Å²) in [7, 11) is 0. The number of nitrogens with two attached hydrogens (primary N) is 1. The molecular formula is C13H20N6O. The second-order valence-corrected chi connectivity index (χ2v) is 5.40. The maximum Gasteiger partial charge on any atom is 0.165 e. The van der Waals surface area contributed by atoms with Crippen molar-refractivity contribution in [3.63, 3.8) is 0 Å². The van der Waals surface area contributed by atoms with Crippen molar-refractivity contribution in [2.75, 3.05) is 30.3 Å². The van der Waals surface area contributed by atoms with Gasteiger partial charge in [-0.3, -0.25) is 0 Å². The molecule has 0 aliphatic carbocycles. The topological polar surface area (TPSA) is 93.1 Å². The van der Waals surface area contributed by atoms with Gasteiger partial charge in [0.15, 0.2) is 11.5 Å². The molecule has 20 heavy (non-hydrogen) atoms. The molecule has 0 radical (unpaired) electrons. The first-order valence-electron chi connectivity index (χ1n) is 7.03. The summed E-state index contributed by atoms with van der Waals surface area (Å²) in [6.45, 7) is 4.65. The zero-order valence-electron chi connectivity index (χ0n) is 11.7. The molecular weight excluding hydrogens is 256 g/mol. The van der Waals surface area contributed by atoms with Gasteiger partial charge in [0, 0.05) is 13.1 Å². The fourth-order valence-corrected chi connectivity index (χ4v) is 2.73. The van der Waals surface area contributed by atoms with Crippen LogP contribution in [0, 0.1) is 5.92 Å². The summed E-state index contributed by atoms with van der Waals surface area (Å²) in [6.07, 6.45) is 3.87. The molecule has 0 unspecified atom stereocenters. The lowest BCUT2D eigenvalue weighted by atomic mass is 9.99. The van der Waals surface area contributed by atoms with Crippen molar-refractivity contribution in [2.45, 2.75) is 26.3 Å². The van der Waals surface area contributed by atoms with Gasteiger partial charge in [-0.2, -0.15) is 5.10 Å². The Kier molecular flexibility index (Phi) is 3.43. The highest BCUT2D eigenvalue weighted by Gasteiger charge is 2.22. The zero-order chi connectivity index (χ0) is 14.1. The van der Waals surface area contributed by atoms with Crippen LogP contribution in [0.4, 0.5) is 11.6 Å². The van der Waals surface area contributed by atoms with Crippen LogP contribution < -0.4 is 10.6 Å². The molecule has 3 rings (SSSR count). The third kappa shape index (κ3) is 2.18. The van der Waals surface area contributed by atoms with Crippen LogP contribution in [0.3, 0.4) is 0 Å². The third-order valence-corrected chi connectivity index (χ3v) is 3.93. The average Bonchev–Trinajstić information content (AvgIpc) is 2.77. The van der Waals surface area contributed by atoms with E-state index >= 15 is 0 Å². The van der Waals surface area contributed by atoms with Crippen molar-refractivity contribution < 1.29 is 5.11 Å². The number of aromatic nitrogens is 4. The molecule has 0 amide bonds. The molecule has 0 atom stereocenters. The summed E-state index contributed by atoms with van der Waals surface area (Å²) in [6, 6.07) is 0. The summed E-state index contributed by atoms with van der Waals surface area (Å²) in [5.74, 6) is 2.06. The average molecular weight is 276 g/mol. The lowest BCUT2D eigenvalue weighted by Gasteiger charge is -2.31. The first-order chi connectivity index (χ1) is 9.70. The third-order valence-electron chi connectivity index (χ3n) is 3.93. The molecule has 1 saturated heterocycles. The smallest absolute Gasteiger partial charge is 0.165 e. The molecule has 108 valence electrons. The van der Waals surface area contributed by atoms with Gasteiger partial charge >= 0.3 is 0 Å². The monoisotopic (exact) mass is 276 g/mol. The molecule has 0 bridgehead atoms. The van der Waals surface area contributed by atoms with Gasteiger partial charge in [0.2, 0.25) is 0 Å². The van der Waals surface area contributed by atoms with Crippen molar-refractivity contribution in [2.24, 2.45) is 5.92 Å². The predicted molar refractivity (Wildman–Crippen MR) is 77.4 cm³/mol. The highest BCUT2D eigenvalue weighted by molar-refractivity contribution is 5.96. The fraction of sp³-hybridized carbons (Fsp3) is 0.615. The van der Waals surface area contributed by atoms with Gasteiger partial charge in [0.1, 0.15) is 17.5 Å². The predicted octanol–water partition coefficient (Wildman–Crippen LogP) is 0.637. The van der Waals surface area contributed by atoms with E-state index in [4.69, 9.17) is 10.8 Å². The van der Waals surface area contributed by atoms with E-state index in [2.05, 4.69) is 26.9 Å². The number of fused-ring (bicyclic) bond motifs is 1. The van der Waals surface area contributed by atoms with E-state index in [1.54, 1.807) is 11.0 Å². The van der Waals surface area contributed by atoms with Crippen LogP contribution in [0.25, 0.3) is 11.0 Å². The van der Waals surface area contributed by atoms with Crippen molar-refractivity contribution in [3.05, 3.63) is 6.33 Å². The number of hydrogen-bond donors (Lipinski definition) is 2. The minimum absolute atomic E-state index is 0.0107. The molecule has 1 aliphatic heterocycles. The van der Waals surface area contributed by atoms with Crippen LogP contribution in [-0.4, -0.2) is 44.6 Å². The van der Waals surface area contributed by atoms with Crippen LogP contribution in [0.15, 0.2) is 6.33 Å². The number of aliphatic hydroxyl groups excluding tert-OH is 1. The van der Waals surface area contributed by atoms with E-state index in [0.29, 0.717) is 18.0 Å². The Bertz CT molecular complexity index is 602. The van der Waals surface area contributed by atoms with Gasteiger partial charge in [-0.15, -0.1) is 0 Å². The number of aliphatic hydroxyl groups is 1. The summed E-state index contributed by atoms with van der Waals surface area (Å²) >= 11 is 0. The van der Waals surface area contributed by atoms with Gasteiger partial charge in [-0.25, -0.2) is 14.6 Å². The lowest BCUT2D eigenvalue weighted by Crippen LogP contribution is -2.33. The van der Waals surface area contributed by atoms with Crippen molar-refractivity contribution in [1.82, 2.24) is 19.7 Å². The van der Waals surface area contributed by atoms with Crippen LogP contribution in [-0.2, 0) is 6.54 Å².